The minimum absolute atomic E-state index is 0.0849. The molecule has 9 heteroatoms. The summed E-state index contributed by atoms with van der Waals surface area (Å²) in [4.78, 5) is 47.8. The number of piperidine rings is 1. The van der Waals surface area contributed by atoms with Gasteiger partial charge in [0.15, 0.2) is 18.3 Å². The van der Waals surface area contributed by atoms with Crippen LogP contribution in [0.2, 0.25) is 0 Å². The molecule has 2 fully saturated rings. The molecule has 2 saturated heterocycles. The maximum atomic E-state index is 11.6. The molecule has 0 amide bonds. The van der Waals surface area contributed by atoms with Crippen LogP contribution in [-0.4, -0.2) is 72.3 Å². The van der Waals surface area contributed by atoms with Crippen molar-refractivity contribution in [2.24, 2.45) is 0 Å². The largest absolute Gasteiger partial charge is 0.464 e. The van der Waals surface area contributed by atoms with E-state index < -0.39 is 36.2 Å². The number of rotatable bonds is 5. The van der Waals surface area contributed by atoms with E-state index in [0.29, 0.717) is 13.0 Å². The van der Waals surface area contributed by atoms with E-state index >= 15 is 0 Å². The summed E-state index contributed by atoms with van der Waals surface area (Å²) in [6.45, 7) is 5.62. The smallest absolute Gasteiger partial charge is 0.303 e. The molecule has 0 aliphatic carbocycles. The first kappa shape index (κ1) is 20.2. The van der Waals surface area contributed by atoms with Crippen molar-refractivity contribution in [3.05, 3.63) is 0 Å². The number of carbonyl (C=O) groups excluding carboxylic acids is 4. The van der Waals surface area contributed by atoms with Crippen LogP contribution in [0.4, 0.5) is 0 Å². The number of hydrogen-bond donors (Lipinski definition) is 0. The zero-order chi connectivity index (χ0) is 19.4. The molecule has 2 aliphatic heterocycles. The minimum Gasteiger partial charge on any atom is -0.464 e. The van der Waals surface area contributed by atoms with Gasteiger partial charge in [-0.2, -0.15) is 0 Å². The first-order chi connectivity index (χ1) is 12.2. The van der Waals surface area contributed by atoms with Crippen LogP contribution in [0, 0.1) is 0 Å². The lowest BCUT2D eigenvalue weighted by Crippen LogP contribution is -2.64. The van der Waals surface area contributed by atoms with Gasteiger partial charge in [-0.05, 0) is 12.8 Å². The lowest BCUT2D eigenvalue weighted by Gasteiger charge is -2.45. The SMILES string of the molecule is CC(=O)OC[C@@H]1CC[C@H]2[C@@H](OC(C)=O)[C@@H](OC(C)=O)[C@@H](OC(C)=O)CN12. The van der Waals surface area contributed by atoms with Crippen molar-refractivity contribution >= 4 is 23.9 Å². The summed E-state index contributed by atoms with van der Waals surface area (Å²) in [5.41, 5.74) is 0. The van der Waals surface area contributed by atoms with Crippen LogP contribution in [0.1, 0.15) is 40.5 Å². The summed E-state index contributed by atoms with van der Waals surface area (Å²) in [5.74, 6) is -1.97. The molecule has 0 radical (unpaired) electrons. The second-order valence-corrected chi connectivity index (χ2v) is 6.59. The van der Waals surface area contributed by atoms with Crippen LogP contribution in [0.25, 0.3) is 0 Å². The summed E-state index contributed by atoms with van der Waals surface area (Å²) in [5, 5.41) is 0. The van der Waals surface area contributed by atoms with E-state index in [-0.39, 0.29) is 24.7 Å². The fourth-order valence-corrected chi connectivity index (χ4v) is 3.73. The molecule has 2 heterocycles. The van der Waals surface area contributed by atoms with E-state index in [0.717, 1.165) is 6.42 Å². The highest BCUT2D eigenvalue weighted by molar-refractivity contribution is 5.68. The van der Waals surface area contributed by atoms with Crippen LogP contribution in [0.3, 0.4) is 0 Å². The standard InChI is InChI=1S/C17H25NO8/c1-9(19)23-8-13-5-6-14-16(25-11(3)21)17(26-12(4)22)15(7-18(13)14)24-10(2)20/h13-17H,5-8H2,1-4H3/t13-,14-,15-,16+,17-/m0/s1. The maximum Gasteiger partial charge on any atom is 0.303 e. The van der Waals surface area contributed by atoms with E-state index in [1.165, 1.54) is 27.7 Å². The van der Waals surface area contributed by atoms with E-state index in [2.05, 4.69) is 0 Å². The normalized spacial score (nSPS) is 30.8. The Bertz CT molecular complexity index is 577. The highest BCUT2D eigenvalue weighted by atomic mass is 16.6. The van der Waals surface area contributed by atoms with Gasteiger partial charge in [0, 0.05) is 40.3 Å². The molecule has 26 heavy (non-hydrogen) atoms. The summed E-state index contributed by atoms with van der Waals surface area (Å²) < 4.78 is 21.3. The molecule has 9 nitrogen and oxygen atoms in total. The molecule has 2 aliphatic rings. The van der Waals surface area contributed by atoms with Crippen LogP contribution < -0.4 is 0 Å². The molecule has 5 atom stereocenters. The van der Waals surface area contributed by atoms with Crippen LogP contribution in [0.15, 0.2) is 0 Å². The molecular formula is C17H25NO8. The predicted octanol–water partition coefficient (Wildman–Crippen LogP) is 0.191. The van der Waals surface area contributed by atoms with Crippen molar-refractivity contribution in [1.82, 2.24) is 4.90 Å². The second-order valence-electron chi connectivity index (χ2n) is 6.59. The van der Waals surface area contributed by atoms with Gasteiger partial charge in [-0.15, -0.1) is 0 Å². The van der Waals surface area contributed by atoms with Gasteiger partial charge in [-0.25, -0.2) is 0 Å². The Morgan fingerprint density at radius 3 is 1.92 bits per heavy atom. The topological polar surface area (TPSA) is 108 Å². The Hall–Kier alpha value is -2.16. The number of nitrogens with zero attached hydrogens (tertiary/aromatic N) is 1. The first-order valence-corrected chi connectivity index (χ1v) is 8.59. The molecule has 0 aromatic heterocycles. The molecule has 0 saturated carbocycles. The molecule has 0 unspecified atom stereocenters. The van der Waals surface area contributed by atoms with Crippen molar-refractivity contribution in [1.29, 1.82) is 0 Å². The van der Waals surface area contributed by atoms with Crippen molar-refractivity contribution in [2.75, 3.05) is 13.2 Å². The van der Waals surface area contributed by atoms with Gasteiger partial charge in [0.05, 0.1) is 6.04 Å². The zero-order valence-electron chi connectivity index (χ0n) is 15.4. The summed E-state index contributed by atoms with van der Waals surface area (Å²) in [6, 6.07) is -0.297. The second kappa shape index (κ2) is 8.48. The fraction of sp³-hybridized carbons (Fsp3) is 0.765. The number of ether oxygens (including phenoxy) is 4. The summed E-state index contributed by atoms with van der Waals surface area (Å²) >= 11 is 0. The Morgan fingerprint density at radius 2 is 1.38 bits per heavy atom. The van der Waals surface area contributed by atoms with E-state index in [1.54, 1.807) is 0 Å². The molecule has 0 aromatic rings. The number of fused-ring (bicyclic) bond motifs is 1. The van der Waals surface area contributed by atoms with E-state index in [9.17, 15) is 19.2 Å². The lowest BCUT2D eigenvalue weighted by atomic mass is 9.93. The number of esters is 4. The number of carbonyl (C=O) groups is 4. The van der Waals surface area contributed by atoms with Gasteiger partial charge in [0.1, 0.15) is 6.61 Å². The molecule has 0 bridgehead atoms. The maximum absolute atomic E-state index is 11.6. The predicted molar refractivity (Wildman–Crippen MR) is 86.8 cm³/mol. The van der Waals surface area contributed by atoms with Gasteiger partial charge in [0.25, 0.3) is 0 Å². The molecule has 0 N–H and O–H groups in total. The Kier molecular flexibility index (Phi) is 6.57. The first-order valence-electron chi connectivity index (χ1n) is 8.59. The molecule has 0 aromatic carbocycles. The van der Waals surface area contributed by atoms with Gasteiger partial charge in [0.2, 0.25) is 0 Å². The molecule has 146 valence electrons. The van der Waals surface area contributed by atoms with Gasteiger partial charge >= 0.3 is 23.9 Å². The molecule has 2 rings (SSSR count). The third kappa shape index (κ3) is 4.94. The molecular weight excluding hydrogens is 346 g/mol. The van der Waals surface area contributed by atoms with Crippen molar-refractivity contribution in [3.63, 3.8) is 0 Å². The van der Waals surface area contributed by atoms with Crippen molar-refractivity contribution < 1.29 is 38.1 Å². The Balaban J connectivity index is 2.26. The highest BCUT2D eigenvalue weighted by Gasteiger charge is 2.53. The van der Waals surface area contributed by atoms with Gasteiger partial charge in [-0.1, -0.05) is 0 Å². The van der Waals surface area contributed by atoms with Gasteiger partial charge in [-0.3, -0.25) is 24.1 Å². The lowest BCUT2D eigenvalue weighted by molar-refractivity contribution is -0.203. The highest BCUT2D eigenvalue weighted by Crippen LogP contribution is 2.36. The van der Waals surface area contributed by atoms with Crippen molar-refractivity contribution in [3.8, 4) is 0 Å². The van der Waals surface area contributed by atoms with E-state index in [1.807, 2.05) is 4.90 Å². The monoisotopic (exact) mass is 371 g/mol. The van der Waals surface area contributed by atoms with Gasteiger partial charge < -0.3 is 18.9 Å². The third-order valence-corrected chi connectivity index (χ3v) is 4.55. The summed E-state index contributed by atoms with van der Waals surface area (Å²) in [6.07, 6.45) is -1.04. The zero-order valence-corrected chi connectivity index (χ0v) is 15.4. The van der Waals surface area contributed by atoms with Crippen molar-refractivity contribution in [2.45, 2.75) is 70.9 Å². The van der Waals surface area contributed by atoms with Crippen LogP contribution in [-0.2, 0) is 38.1 Å². The Morgan fingerprint density at radius 1 is 0.808 bits per heavy atom. The summed E-state index contributed by atoms with van der Waals surface area (Å²) in [7, 11) is 0. The average molecular weight is 371 g/mol. The number of hydrogen-bond acceptors (Lipinski definition) is 9. The van der Waals surface area contributed by atoms with Crippen LogP contribution in [0.5, 0.6) is 0 Å². The fourth-order valence-electron chi connectivity index (χ4n) is 3.73. The average Bonchev–Trinajstić information content (AvgIpc) is 2.89. The molecule has 0 spiro atoms. The quantitative estimate of drug-likeness (QED) is 0.494. The Labute approximate surface area is 151 Å². The van der Waals surface area contributed by atoms with E-state index in [4.69, 9.17) is 18.9 Å². The minimum atomic E-state index is -0.881. The third-order valence-electron chi connectivity index (χ3n) is 4.55. The van der Waals surface area contributed by atoms with Crippen LogP contribution >= 0.6 is 0 Å².